The van der Waals surface area contributed by atoms with Crippen LogP contribution in [0.2, 0.25) is 4.34 Å². The van der Waals surface area contributed by atoms with E-state index in [1.807, 2.05) is 0 Å². The topological polar surface area (TPSA) is 57.6 Å². The molecule has 1 N–H and O–H groups in total. The van der Waals surface area contributed by atoms with E-state index in [0.29, 0.717) is 17.3 Å². The van der Waals surface area contributed by atoms with E-state index < -0.39 is 5.97 Å². The van der Waals surface area contributed by atoms with Crippen LogP contribution in [-0.2, 0) is 16.1 Å². The summed E-state index contributed by atoms with van der Waals surface area (Å²) in [7, 11) is 0. The van der Waals surface area contributed by atoms with Crippen molar-refractivity contribution in [2.24, 2.45) is 0 Å². The van der Waals surface area contributed by atoms with Crippen molar-refractivity contribution in [3.63, 3.8) is 0 Å². The third kappa shape index (κ3) is 3.83. The van der Waals surface area contributed by atoms with Crippen molar-refractivity contribution in [3.8, 4) is 0 Å². The zero-order chi connectivity index (χ0) is 12.1. The molecule has 0 unspecified atom stereocenters. The molecule has 0 aliphatic heterocycles. The average molecular weight is 262 g/mol. The normalized spacial score (nSPS) is 10.1. The van der Waals surface area contributed by atoms with E-state index >= 15 is 0 Å². The van der Waals surface area contributed by atoms with Gasteiger partial charge in [-0.2, -0.15) is 0 Å². The number of hydrogen-bond acceptors (Lipinski definition) is 3. The second-order valence-electron chi connectivity index (χ2n) is 3.20. The summed E-state index contributed by atoms with van der Waals surface area (Å²) in [6.07, 6.45) is 0.298. The highest BCUT2D eigenvalue weighted by atomic mass is 35.5. The lowest BCUT2D eigenvalue weighted by atomic mass is 10.3. The lowest BCUT2D eigenvalue weighted by molar-refractivity contribution is -0.144. The molecule has 1 heterocycles. The number of aliphatic carboxylic acids is 1. The molecule has 0 saturated carbocycles. The summed E-state index contributed by atoms with van der Waals surface area (Å²) in [5.74, 6) is -1.18. The van der Waals surface area contributed by atoms with Crippen LogP contribution in [0, 0.1) is 0 Å². The van der Waals surface area contributed by atoms with Crippen molar-refractivity contribution in [1.29, 1.82) is 0 Å². The van der Waals surface area contributed by atoms with Crippen molar-refractivity contribution in [2.75, 3.05) is 6.54 Å². The Morgan fingerprint density at radius 1 is 1.50 bits per heavy atom. The van der Waals surface area contributed by atoms with Gasteiger partial charge in [0.15, 0.2) is 0 Å². The van der Waals surface area contributed by atoms with Crippen LogP contribution in [0.15, 0.2) is 12.1 Å². The first-order chi connectivity index (χ1) is 7.52. The van der Waals surface area contributed by atoms with Gasteiger partial charge in [0.05, 0.1) is 10.9 Å². The Morgan fingerprint density at radius 3 is 2.62 bits per heavy atom. The maximum Gasteiger partial charge on any atom is 0.323 e. The molecule has 0 saturated heterocycles. The van der Waals surface area contributed by atoms with Crippen LogP contribution in [0.4, 0.5) is 0 Å². The molecular formula is C10H12ClNO3S. The number of carbonyl (C=O) groups is 2. The highest BCUT2D eigenvalue weighted by Crippen LogP contribution is 2.22. The summed E-state index contributed by atoms with van der Waals surface area (Å²) < 4.78 is 0.634. The minimum absolute atomic E-state index is 0.174. The van der Waals surface area contributed by atoms with Crippen LogP contribution in [0.5, 0.6) is 0 Å². The second-order valence-corrected chi connectivity index (χ2v) is 5.00. The molecule has 0 aliphatic carbocycles. The van der Waals surface area contributed by atoms with Crippen LogP contribution in [0.25, 0.3) is 0 Å². The second kappa shape index (κ2) is 5.86. The zero-order valence-corrected chi connectivity index (χ0v) is 10.3. The first kappa shape index (κ1) is 13.0. The van der Waals surface area contributed by atoms with Crippen LogP contribution in [0.3, 0.4) is 0 Å². The number of hydrogen-bond donors (Lipinski definition) is 1. The standard InChI is InChI=1S/C10H12ClNO3S/c1-2-9(13)12(6-10(14)15)5-7-3-4-8(11)16-7/h3-4H,2,5-6H2,1H3,(H,14,15). The molecule has 1 rings (SSSR count). The predicted molar refractivity (Wildman–Crippen MR) is 62.7 cm³/mol. The summed E-state index contributed by atoms with van der Waals surface area (Å²) in [6, 6.07) is 3.53. The van der Waals surface area contributed by atoms with Gasteiger partial charge in [-0.25, -0.2) is 0 Å². The molecule has 0 atom stereocenters. The lowest BCUT2D eigenvalue weighted by Crippen LogP contribution is -2.34. The maximum absolute atomic E-state index is 11.5. The molecule has 16 heavy (non-hydrogen) atoms. The van der Waals surface area contributed by atoms with Gasteiger partial charge in [-0.05, 0) is 12.1 Å². The van der Waals surface area contributed by atoms with Gasteiger partial charge in [0.2, 0.25) is 5.91 Å². The van der Waals surface area contributed by atoms with Crippen LogP contribution in [0.1, 0.15) is 18.2 Å². The van der Waals surface area contributed by atoms with Gasteiger partial charge in [0, 0.05) is 11.3 Å². The Balaban J connectivity index is 2.70. The summed E-state index contributed by atoms with van der Waals surface area (Å²) in [5, 5.41) is 8.69. The van der Waals surface area contributed by atoms with Crippen molar-refractivity contribution in [2.45, 2.75) is 19.9 Å². The number of carboxylic acids is 1. The fourth-order valence-corrected chi connectivity index (χ4v) is 2.35. The van der Waals surface area contributed by atoms with Gasteiger partial charge in [0.1, 0.15) is 6.54 Å². The monoisotopic (exact) mass is 261 g/mol. The van der Waals surface area contributed by atoms with Gasteiger partial charge in [-0.1, -0.05) is 18.5 Å². The van der Waals surface area contributed by atoms with Crippen molar-refractivity contribution >= 4 is 34.8 Å². The van der Waals surface area contributed by atoms with Crippen LogP contribution >= 0.6 is 22.9 Å². The van der Waals surface area contributed by atoms with Crippen LogP contribution < -0.4 is 0 Å². The molecule has 1 aromatic rings. The van der Waals surface area contributed by atoms with Crippen molar-refractivity contribution < 1.29 is 14.7 Å². The highest BCUT2D eigenvalue weighted by molar-refractivity contribution is 7.16. The largest absolute Gasteiger partial charge is 0.480 e. The van der Waals surface area contributed by atoms with E-state index in [1.165, 1.54) is 16.2 Å². The molecule has 0 bridgehead atoms. The summed E-state index contributed by atoms with van der Waals surface area (Å²) >= 11 is 7.11. The molecule has 0 aromatic carbocycles. The Morgan fingerprint density at radius 2 is 2.19 bits per heavy atom. The van der Waals surface area contributed by atoms with E-state index in [0.717, 1.165) is 4.88 Å². The maximum atomic E-state index is 11.5. The Hall–Kier alpha value is -1.07. The fourth-order valence-electron chi connectivity index (χ4n) is 1.24. The van der Waals surface area contributed by atoms with E-state index in [9.17, 15) is 9.59 Å². The van der Waals surface area contributed by atoms with Gasteiger partial charge in [-0.3, -0.25) is 9.59 Å². The Labute approximate surface area is 102 Å². The van der Waals surface area contributed by atoms with E-state index in [1.54, 1.807) is 19.1 Å². The summed E-state index contributed by atoms with van der Waals surface area (Å²) in [4.78, 5) is 24.3. The highest BCUT2D eigenvalue weighted by Gasteiger charge is 2.16. The number of rotatable bonds is 5. The average Bonchev–Trinajstić information content (AvgIpc) is 2.61. The fraction of sp³-hybridized carbons (Fsp3) is 0.400. The van der Waals surface area contributed by atoms with E-state index in [4.69, 9.17) is 16.7 Å². The molecule has 0 spiro atoms. The van der Waals surface area contributed by atoms with Crippen molar-refractivity contribution in [1.82, 2.24) is 4.90 Å². The number of thiophene rings is 1. The Bertz CT molecular complexity index is 391. The third-order valence-corrected chi connectivity index (χ3v) is 3.17. The molecular weight excluding hydrogens is 250 g/mol. The quantitative estimate of drug-likeness (QED) is 0.884. The van der Waals surface area contributed by atoms with Gasteiger partial charge in [0.25, 0.3) is 0 Å². The minimum atomic E-state index is -1.01. The molecule has 0 radical (unpaired) electrons. The summed E-state index contributed by atoms with van der Waals surface area (Å²) in [5.41, 5.74) is 0. The van der Waals surface area contributed by atoms with Crippen molar-refractivity contribution in [3.05, 3.63) is 21.3 Å². The smallest absolute Gasteiger partial charge is 0.323 e. The molecule has 4 nitrogen and oxygen atoms in total. The number of amides is 1. The van der Waals surface area contributed by atoms with E-state index in [2.05, 4.69) is 0 Å². The number of halogens is 1. The first-order valence-corrected chi connectivity index (χ1v) is 5.96. The molecule has 1 amide bonds. The zero-order valence-electron chi connectivity index (χ0n) is 8.77. The van der Waals surface area contributed by atoms with E-state index in [-0.39, 0.29) is 12.5 Å². The summed E-state index contributed by atoms with van der Waals surface area (Å²) in [6.45, 7) is 1.73. The molecule has 88 valence electrons. The minimum Gasteiger partial charge on any atom is -0.480 e. The lowest BCUT2D eigenvalue weighted by Gasteiger charge is -2.18. The van der Waals surface area contributed by atoms with Gasteiger partial charge in [-0.15, -0.1) is 11.3 Å². The predicted octanol–water partition coefficient (Wildman–Crippen LogP) is 2.22. The first-order valence-electron chi connectivity index (χ1n) is 4.76. The molecule has 6 heteroatoms. The molecule has 1 aromatic heterocycles. The third-order valence-electron chi connectivity index (χ3n) is 1.96. The van der Waals surface area contributed by atoms with Gasteiger partial charge < -0.3 is 10.0 Å². The SMILES string of the molecule is CCC(=O)N(CC(=O)O)Cc1ccc(Cl)s1. The molecule has 0 fully saturated rings. The molecule has 0 aliphatic rings. The van der Waals surface area contributed by atoms with Gasteiger partial charge >= 0.3 is 5.97 Å². The number of carbonyl (C=O) groups excluding carboxylic acids is 1. The number of nitrogens with zero attached hydrogens (tertiary/aromatic N) is 1. The van der Waals surface area contributed by atoms with Crippen LogP contribution in [-0.4, -0.2) is 28.4 Å². The Kier molecular flexibility index (Phi) is 4.76. The number of carboxylic acid groups (broad SMARTS) is 1.